The maximum atomic E-state index is 11.5. The summed E-state index contributed by atoms with van der Waals surface area (Å²) in [6.07, 6.45) is 0. The Kier molecular flexibility index (Phi) is 5.97. The number of hydrogen-bond donors (Lipinski definition) is 0. The third-order valence-electron chi connectivity index (χ3n) is 5.64. The second-order valence-corrected chi connectivity index (χ2v) is 7.46. The molecule has 2 heterocycles. The first-order valence-corrected chi connectivity index (χ1v) is 9.45. The second kappa shape index (κ2) is 8.19. The Hall–Kier alpha value is -1.59. The van der Waals surface area contributed by atoms with Crippen LogP contribution in [0.1, 0.15) is 19.4 Å². The van der Waals surface area contributed by atoms with Crippen molar-refractivity contribution in [1.82, 2.24) is 14.7 Å². The summed E-state index contributed by atoms with van der Waals surface area (Å²) < 4.78 is 5.96. The van der Waals surface area contributed by atoms with Gasteiger partial charge in [-0.05, 0) is 24.5 Å². The molecule has 0 unspecified atom stereocenters. The lowest BCUT2D eigenvalue weighted by Gasteiger charge is -2.39. The Labute approximate surface area is 151 Å². The fourth-order valence-corrected chi connectivity index (χ4v) is 4.08. The first-order chi connectivity index (χ1) is 12.0. The van der Waals surface area contributed by atoms with Crippen LogP contribution in [0.15, 0.2) is 24.3 Å². The Morgan fingerprint density at radius 2 is 1.88 bits per heavy atom. The lowest BCUT2D eigenvalue weighted by Crippen LogP contribution is -2.53. The summed E-state index contributed by atoms with van der Waals surface area (Å²) >= 11 is 0. The molecule has 25 heavy (non-hydrogen) atoms. The van der Waals surface area contributed by atoms with Gasteiger partial charge in [-0.2, -0.15) is 0 Å². The summed E-state index contributed by atoms with van der Waals surface area (Å²) in [4.78, 5) is 18.5. The molecule has 1 amide bonds. The fraction of sp³-hybridized carbons (Fsp3) is 0.650. The zero-order valence-electron chi connectivity index (χ0n) is 15.8. The number of carbonyl (C=O) groups excluding carboxylic acids is 1. The van der Waals surface area contributed by atoms with Gasteiger partial charge in [-0.15, -0.1) is 0 Å². The highest BCUT2D eigenvalue weighted by molar-refractivity contribution is 5.73. The van der Waals surface area contributed by atoms with Crippen molar-refractivity contribution in [3.63, 3.8) is 0 Å². The van der Waals surface area contributed by atoms with Crippen LogP contribution in [-0.2, 0) is 4.79 Å². The van der Waals surface area contributed by atoms with Crippen molar-refractivity contribution < 1.29 is 9.53 Å². The van der Waals surface area contributed by atoms with Crippen molar-refractivity contribution in [2.45, 2.75) is 26.8 Å². The molecule has 5 nitrogen and oxygen atoms in total. The molecule has 5 heteroatoms. The monoisotopic (exact) mass is 345 g/mol. The molecule has 2 atom stereocenters. The predicted molar refractivity (Wildman–Crippen MR) is 99.9 cm³/mol. The van der Waals surface area contributed by atoms with Gasteiger partial charge in [-0.1, -0.05) is 25.1 Å². The number of aryl methyl sites for hydroxylation is 1. The van der Waals surface area contributed by atoms with Gasteiger partial charge in [0.25, 0.3) is 0 Å². The topological polar surface area (TPSA) is 36.0 Å². The third kappa shape index (κ3) is 4.53. The molecule has 0 radical (unpaired) electrons. The Balaban J connectivity index is 1.44. The van der Waals surface area contributed by atoms with Crippen molar-refractivity contribution in [2.24, 2.45) is 5.92 Å². The number of benzene rings is 1. The first kappa shape index (κ1) is 18.2. The highest BCUT2D eigenvalue weighted by atomic mass is 16.5. The first-order valence-electron chi connectivity index (χ1n) is 9.45. The van der Waals surface area contributed by atoms with Crippen LogP contribution in [0.3, 0.4) is 0 Å². The number of carbonyl (C=O) groups is 1. The van der Waals surface area contributed by atoms with E-state index in [9.17, 15) is 4.79 Å². The van der Waals surface area contributed by atoms with Crippen LogP contribution in [0.4, 0.5) is 0 Å². The van der Waals surface area contributed by atoms with Crippen LogP contribution in [0.5, 0.6) is 5.75 Å². The minimum atomic E-state index is 0.203. The second-order valence-electron chi connectivity index (χ2n) is 7.46. The molecular weight excluding hydrogens is 314 g/mol. The molecule has 0 aromatic heterocycles. The van der Waals surface area contributed by atoms with Crippen molar-refractivity contribution in [2.75, 3.05) is 52.4 Å². The van der Waals surface area contributed by atoms with E-state index >= 15 is 0 Å². The maximum Gasteiger partial charge on any atom is 0.219 e. The number of para-hydroxylation sites is 1. The van der Waals surface area contributed by atoms with Gasteiger partial charge in [-0.3, -0.25) is 14.6 Å². The number of piperazine rings is 1. The molecule has 2 saturated heterocycles. The number of hydrogen-bond acceptors (Lipinski definition) is 4. The number of likely N-dealkylation sites (tertiary alicyclic amines) is 1. The molecule has 138 valence electrons. The van der Waals surface area contributed by atoms with Crippen molar-refractivity contribution in [3.8, 4) is 5.75 Å². The summed E-state index contributed by atoms with van der Waals surface area (Å²) in [5.41, 5.74) is 1.19. The number of ether oxygens (including phenoxy) is 1. The van der Waals surface area contributed by atoms with E-state index in [4.69, 9.17) is 4.74 Å². The minimum Gasteiger partial charge on any atom is -0.492 e. The molecule has 1 aromatic rings. The lowest BCUT2D eigenvalue weighted by molar-refractivity contribution is -0.130. The van der Waals surface area contributed by atoms with Gasteiger partial charge < -0.3 is 9.64 Å². The van der Waals surface area contributed by atoms with E-state index in [1.54, 1.807) is 6.92 Å². The van der Waals surface area contributed by atoms with E-state index < -0.39 is 0 Å². The Morgan fingerprint density at radius 1 is 1.16 bits per heavy atom. The highest BCUT2D eigenvalue weighted by Gasteiger charge is 2.35. The summed E-state index contributed by atoms with van der Waals surface area (Å²) in [7, 11) is 0. The molecule has 1 aromatic carbocycles. The molecule has 3 rings (SSSR count). The van der Waals surface area contributed by atoms with Gasteiger partial charge in [-0.25, -0.2) is 0 Å². The van der Waals surface area contributed by atoms with Gasteiger partial charge >= 0.3 is 0 Å². The third-order valence-corrected chi connectivity index (χ3v) is 5.64. The standard InChI is InChI=1S/C20H31N3O2/c1-16-6-4-5-7-20(16)25-13-12-21-14-17(2)19(15-21)23-10-8-22(9-11-23)18(3)24/h4-7,17,19H,8-15H2,1-3H3/t17-,19-/m0/s1. The maximum absolute atomic E-state index is 11.5. The molecule has 0 N–H and O–H groups in total. The SMILES string of the molecule is CC(=O)N1CCN([C@H]2CN(CCOc3ccccc3C)C[C@@H]2C)CC1. The molecule has 2 fully saturated rings. The van der Waals surface area contributed by atoms with E-state index in [-0.39, 0.29) is 5.91 Å². The zero-order valence-corrected chi connectivity index (χ0v) is 15.8. The van der Waals surface area contributed by atoms with Gasteiger partial charge in [0.05, 0.1) is 0 Å². The minimum absolute atomic E-state index is 0.203. The summed E-state index contributed by atoms with van der Waals surface area (Å²) in [6, 6.07) is 8.80. The average Bonchev–Trinajstić information content (AvgIpc) is 2.97. The largest absolute Gasteiger partial charge is 0.492 e. The summed E-state index contributed by atoms with van der Waals surface area (Å²) in [5.74, 6) is 1.86. The van der Waals surface area contributed by atoms with Crippen LogP contribution in [0.25, 0.3) is 0 Å². The van der Waals surface area contributed by atoms with Crippen LogP contribution in [0.2, 0.25) is 0 Å². The summed E-state index contributed by atoms with van der Waals surface area (Å²) in [5, 5.41) is 0. The van der Waals surface area contributed by atoms with E-state index in [1.807, 2.05) is 23.1 Å². The molecular formula is C20H31N3O2. The Bertz CT molecular complexity index is 584. The van der Waals surface area contributed by atoms with E-state index in [2.05, 4.69) is 29.7 Å². The fourth-order valence-electron chi connectivity index (χ4n) is 4.08. The highest BCUT2D eigenvalue weighted by Crippen LogP contribution is 2.23. The molecule has 2 aliphatic rings. The van der Waals surface area contributed by atoms with Crippen LogP contribution >= 0.6 is 0 Å². The van der Waals surface area contributed by atoms with Crippen molar-refractivity contribution in [1.29, 1.82) is 0 Å². The normalized spacial score (nSPS) is 25.3. The van der Waals surface area contributed by atoms with E-state index in [1.165, 1.54) is 5.56 Å². The molecule has 0 spiro atoms. The van der Waals surface area contributed by atoms with Gasteiger partial charge in [0.15, 0.2) is 0 Å². The van der Waals surface area contributed by atoms with Gasteiger partial charge in [0.2, 0.25) is 5.91 Å². The van der Waals surface area contributed by atoms with Crippen LogP contribution in [0, 0.1) is 12.8 Å². The van der Waals surface area contributed by atoms with Crippen LogP contribution in [-0.4, -0.2) is 79.1 Å². The molecule has 2 aliphatic heterocycles. The zero-order chi connectivity index (χ0) is 17.8. The van der Waals surface area contributed by atoms with Crippen molar-refractivity contribution in [3.05, 3.63) is 29.8 Å². The lowest BCUT2D eigenvalue weighted by atomic mass is 10.0. The molecule has 0 saturated carbocycles. The van der Waals surface area contributed by atoms with E-state index in [0.717, 1.165) is 58.2 Å². The van der Waals surface area contributed by atoms with Gasteiger partial charge in [0.1, 0.15) is 12.4 Å². The summed E-state index contributed by atoms with van der Waals surface area (Å²) in [6.45, 7) is 13.8. The van der Waals surface area contributed by atoms with Gasteiger partial charge in [0, 0.05) is 58.8 Å². The predicted octanol–water partition coefficient (Wildman–Crippen LogP) is 1.86. The number of nitrogens with zero attached hydrogens (tertiary/aromatic N) is 3. The quantitative estimate of drug-likeness (QED) is 0.816. The number of amides is 1. The molecule has 0 bridgehead atoms. The average molecular weight is 345 g/mol. The smallest absolute Gasteiger partial charge is 0.219 e. The van der Waals surface area contributed by atoms with E-state index in [0.29, 0.717) is 12.0 Å². The van der Waals surface area contributed by atoms with Crippen LogP contribution < -0.4 is 4.74 Å². The number of rotatable bonds is 5. The molecule has 0 aliphatic carbocycles. The van der Waals surface area contributed by atoms with Crippen molar-refractivity contribution >= 4 is 5.91 Å². The Morgan fingerprint density at radius 3 is 2.56 bits per heavy atom.